The van der Waals surface area contributed by atoms with Crippen molar-refractivity contribution in [2.45, 2.75) is 52.4 Å². The molecule has 0 fully saturated rings. The van der Waals surface area contributed by atoms with Gasteiger partial charge in [0.05, 0.1) is 17.1 Å². The Hall–Kier alpha value is -6.98. The highest BCUT2D eigenvalue weighted by Gasteiger charge is 2.20. The lowest BCUT2D eigenvalue weighted by Gasteiger charge is -2.20. The Labute approximate surface area is 347 Å². The Balaban J connectivity index is 1.31. The third-order valence-corrected chi connectivity index (χ3v) is 11.0. The van der Waals surface area contributed by atoms with Gasteiger partial charge in [0.1, 0.15) is 11.0 Å². The van der Waals surface area contributed by atoms with Gasteiger partial charge in [0, 0.05) is 29.1 Å². The summed E-state index contributed by atoms with van der Waals surface area (Å²) >= 11 is 0. The molecule has 0 spiro atoms. The molecule has 59 heavy (non-hydrogen) atoms. The molecular weight excluding hydrogens is 719 g/mol. The van der Waals surface area contributed by atoms with Crippen LogP contribution in [0.4, 0.5) is 0 Å². The van der Waals surface area contributed by atoms with Crippen LogP contribution in [0, 0.1) is 0 Å². The Kier molecular flexibility index (Phi) is 9.60. The van der Waals surface area contributed by atoms with Crippen molar-refractivity contribution < 1.29 is 0 Å². The molecule has 9 rings (SSSR count). The number of fused-ring (bicyclic) bond motifs is 1. The van der Waals surface area contributed by atoms with Crippen molar-refractivity contribution in [3.05, 3.63) is 187 Å². The Morgan fingerprint density at radius 1 is 0.373 bits per heavy atom. The molecule has 0 bridgehead atoms. The van der Waals surface area contributed by atoms with E-state index in [2.05, 4.69) is 175 Å². The molecule has 0 aliphatic heterocycles. The highest BCUT2D eigenvalue weighted by Crippen LogP contribution is 2.40. The van der Waals surface area contributed by atoms with Crippen LogP contribution in [0.1, 0.15) is 52.7 Å². The smallest absolute Gasteiger partial charge is 0.121 e. The van der Waals surface area contributed by atoms with E-state index >= 15 is 0 Å². The summed E-state index contributed by atoms with van der Waals surface area (Å²) in [6.07, 6.45) is 3.86. The molecule has 288 valence electrons. The summed E-state index contributed by atoms with van der Waals surface area (Å²) in [5.74, 6) is 0. The van der Waals surface area contributed by atoms with Crippen LogP contribution < -0.4 is 0 Å². The van der Waals surface area contributed by atoms with Gasteiger partial charge >= 0.3 is 0 Å². The second kappa shape index (κ2) is 15.1. The fourth-order valence-electron chi connectivity index (χ4n) is 7.66. The van der Waals surface area contributed by atoms with E-state index in [-0.39, 0.29) is 10.8 Å². The second-order valence-corrected chi connectivity index (χ2v) is 17.4. The number of benzene rings is 6. The van der Waals surface area contributed by atoms with Crippen LogP contribution in [-0.4, -0.2) is 25.0 Å². The molecule has 5 heteroatoms. The summed E-state index contributed by atoms with van der Waals surface area (Å²) in [4.78, 5) is 11.6. The molecule has 0 unspecified atom stereocenters. The van der Waals surface area contributed by atoms with Gasteiger partial charge in [0.25, 0.3) is 0 Å². The summed E-state index contributed by atoms with van der Waals surface area (Å²) in [5.41, 5.74) is 17.6. The summed E-state index contributed by atoms with van der Waals surface area (Å²) in [6, 6.07) is 58.0. The lowest BCUT2D eigenvalue weighted by Crippen LogP contribution is -2.11. The van der Waals surface area contributed by atoms with Gasteiger partial charge in [-0.05, 0) is 146 Å². The van der Waals surface area contributed by atoms with E-state index in [1.54, 1.807) is 4.80 Å². The van der Waals surface area contributed by atoms with Crippen LogP contribution in [0.5, 0.6) is 0 Å². The van der Waals surface area contributed by atoms with E-state index in [9.17, 15) is 0 Å². The van der Waals surface area contributed by atoms with Crippen LogP contribution in [-0.2, 0) is 10.8 Å². The van der Waals surface area contributed by atoms with E-state index in [1.165, 1.54) is 11.1 Å². The fourth-order valence-corrected chi connectivity index (χ4v) is 7.66. The minimum Gasteiger partial charge on any atom is -0.256 e. The molecule has 3 heterocycles. The average Bonchev–Trinajstić information content (AvgIpc) is 3.71. The van der Waals surface area contributed by atoms with Gasteiger partial charge < -0.3 is 0 Å². The maximum Gasteiger partial charge on any atom is 0.121 e. The van der Waals surface area contributed by atoms with Gasteiger partial charge in [-0.25, -0.2) is 0 Å². The van der Waals surface area contributed by atoms with E-state index in [4.69, 9.17) is 20.2 Å². The maximum absolute atomic E-state index is 5.19. The fraction of sp³-hybridized carbons (Fsp3) is 0.148. The molecule has 0 saturated carbocycles. The predicted molar refractivity (Wildman–Crippen MR) is 244 cm³/mol. The summed E-state index contributed by atoms with van der Waals surface area (Å²) in [5, 5.41) is 10.3. The number of aromatic nitrogens is 5. The van der Waals surface area contributed by atoms with Gasteiger partial charge in [-0.2, -0.15) is 4.80 Å². The number of pyridine rings is 2. The first-order chi connectivity index (χ1) is 28.5. The number of rotatable bonds is 7. The van der Waals surface area contributed by atoms with Crippen molar-refractivity contribution in [3.8, 4) is 72.7 Å². The van der Waals surface area contributed by atoms with E-state index in [0.717, 1.165) is 83.7 Å². The van der Waals surface area contributed by atoms with Gasteiger partial charge in [0.15, 0.2) is 0 Å². The molecule has 0 amide bonds. The van der Waals surface area contributed by atoms with Crippen LogP contribution in [0.15, 0.2) is 176 Å². The highest BCUT2D eigenvalue weighted by atomic mass is 15.5. The molecule has 0 radical (unpaired) electrons. The normalized spacial score (nSPS) is 11.9. The van der Waals surface area contributed by atoms with Gasteiger partial charge in [-0.1, -0.05) is 120 Å². The van der Waals surface area contributed by atoms with E-state index < -0.39 is 0 Å². The summed E-state index contributed by atoms with van der Waals surface area (Å²) in [7, 11) is 0. The Bertz CT molecular complexity index is 2930. The molecule has 9 aromatic rings. The third kappa shape index (κ3) is 7.84. The largest absolute Gasteiger partial charge is 0.256 e. The first kappa shape index (κ1) is 37.6. The predicted octanol–water partition coefficient (Wildman–Crippen LogP) is 13.8. The highest BCUT2D eigenvalue weighted by molar-refractivity contribution is 5.98. The van der Waals surface area contributed by atoms with Crippen molar-refractivity contribution in [2.24, 2.45) is 0 Å². The first-order valence-corrected chi connectivity index (χ1v) is 20.3. The van der Waals surface area contributed by atoms with E-state index in [0.29, 0.717) is 0 Å². The molecule has 0 atom stereocenters. The number of nitrogens with zero attached hydrogens (tertiary/aromatic N) is 5. The van der Waals surface area contributed by atoms with Crippen molar-refractivity contribution in [1.82, 2.24) is 25.0 Å². The molecule has 0 aliphatic rings. The van der Waals surface area contributed by atoms with Crippen LogP contribution in [0.25, 0.3) is 83.7 Å². The molecular formula is C54H47N5. The van der Waals surface area contributed by atoms with Gasteiger partial charge in [0.2, 0.25) is 0 Å². The zero-order valence-corrected chi connectivity index (χ0v) is 34.5. The van der Waals surface area contributed by atoms with Gasteiger partial charge in [-0.15, -0.1) is 10.2 Å². The van der Waals surface area contributed by atoms with Crippen LogP contribution in [0.3, 0.4) is 0 Å². The maximum atomic E-state index is 5.19. The lowest BCUT2D eigenvalue weighted by molar-refractivity contribution is 0.589. The molecule has 3 aromatic heterocycles. The quantitative estimate of drug-likeness (QED) is 0.162. The third-order valence-electron chi connectivity index (χ3n) is 11.0. The summed E-state index contributed by atoms with van der Waals surface area (Å²) in [6.45, 7) is 13.5. The lowest BCUT2D eigenvalue weighted by atomic mass is 9.86. The summed E-state index contributed by atoms with van der Waals surface area (Å²) < 4.78 is 0. The number of hydrogen-bond donors (Lipinski definition) is 0. The topological polar surface area (TPSA) is 56.5 Å². The van der Waals surface area contributed by atoms with Gasteiger partial charge in [-0.3, -0.25) is 9.97 Å². The molecule has 5 nitrogen and oxygen atoms in total. The Morgan fingerprint density at radius 2 is 0.797 bits per heavy atom. The minimum absolute atomic E-state index is 0.0151. The SMILES string of the molecule is CC(C)(C)c1ccnc(-c2cc(-c3ccccc3)cc(-c3cc(-c4cc(-c5ccccc5)cc(-c5cc(C(C)(C)C)ccn5)c4)c4nn(-c5ccccc5)nc4c3)c2)c1. The molecule has 0 aliphatic carbocycles. The Morgan fingerprint density at radius 3 is 1.31 bits per heavy atom. The standard InChI is InChI=1S/C54H47N5/c1-53(2,3)45-22-24-55-49(34-45)43-28-38(36-16-10-7-11-17-36)26-40(30-43)41-32-48(52-51(33-41)57-59(58-52)47-20-14-9-15-21-47)42-27-39(37-18-12-8-13-19-37)29-44(31-42)50-35-46(23-25-56-50)54(4,5)6/h7-35H,1-6H3. The first-order valence-electron chi connectivity index (χ1n) is 20.3. The molecule has 0 saturated heterocycles. The van der Waals surface area contributed by atoms with Crippen molar-refractivity contribution in [2.75, 3.05) is 0 Å². The second-order valence-electron chi connectivity index (χ2n) is 17.4. The molecule has 0 N–H and O–H groups in total. The number of para-hydroxylation sites is 1. The number of hydrogen-bond acceptors (Lipinski definition) is 4. The monoisotopic (exact) mass is 765 g/mol. The van der Waals surface area contributed by atoms with Crippen molar-refractivity contribution >= 4 is 11.0 Å². The van der Waals surface area contributed by atoms with Crippen molar-refractivity contribution in [3.63, 3.8) is 0 Å². The molecule has 6 aromatic carbocycles. The van der Waals surface area contributed by atoms with Crippen LogP contribution in [0.2, 0.25) is 0 Å². The zero-order chi connectivity index (χ0) is 40.7. The van der Waals surface area contributed by atoms with Crippen LogP contribution >= 0.6 is 0 Å². The average molecular weight is 766 g/mol. The van der Waals surface area contributed by atoms with Crippen molar-refractivity contribution in [1.29, 1.82) is 0 Å². The van der Waals surface area contributed by atoms with E-state index in [1.807, 2.05) is 42.7 Å². The minimum atomic E-state index is -0.0231. The zero-order valence-electron chi connectivity index (χ0n) is 34.5.